The van der Waals surface area contributed by atoms with Crippen molar-refractivity contribution in [1.82, 2.24) is 0 Å². The molecule has 7 nitrogen and oxygen atoms in total. The number of hydrogen-bond donors (Lipinski definition) is 3. The van der Waals surface area contributed by atoms with Crippen LogP contribution in [0.2, 0.25) is 0 Å². The van der Waals surface area contributed by atoms with Gasteiger partial charge in [-0.15, -0.1) is 0 Å². The molecule has 0 amide bonds. The molecule has 4 N–H and O–H groups in total. The van der Waals surface area contributed by atoms with E-state index in [1.165, 1.54) is 0 Å². The van der Waals surface area contributed by atoms with Crippen LogP contribution < -0.4 is 5.73 Å². The van der Waals surface area contributed by atoms with Crippen LogP contribution in [-0.2, 0) is 20.0 Å². The number of aliphatic hydroxyl groups excluding tert-OH is 1. The Kier molecular flexibility index (Phi) is 3.77. The van der Waals surface area contributed by atoms with E-state index in [2.05, 4.69) is 0 Å². The number of hydrogen-bond acceptors (Lipinski definition) is 6. The van der Waals surface area contributed by atoms with Gasteiger partial charge in [-0.2, -0.15) is 8.42 Å². The predicted molar refractivity (Wildman–Crippen MR) is 59.8 cm³/mol. The van der Waals surface area contributed by atoms with Crippen LogP contribution >= 0.6 is 0 Å². The number of anilines is 1. The van der Waals surface area contributed by atoms with Gasteiger partial charge in [-0.3, -0.25) is 4.55 Å². The van der Waals surface area contributed by atoms with Crippen molar-refractivity contribution in [3.8, 4) is 0 Å². The summed E-state index contributed by atoms with van der Waals surface area (Å²) in [5, 5.41) is 8.57. The molecule has 0 aliphatic heterocycles. The lowest BCUT2D eigenvalue weighted by Crippen LogP contribution is -2.11. The molecule has 0 aliphatic carbocycles. The lowest BCUT2D eigenvalue weighted by molar-refractivity contribution is 0.319. The molecular weight excluding hydrogens is 270 g/mol. The number of nitrogen functional groups attached to an aromatic ring is 1. The lowest BCUT2D eigenvalue weighted by atomic mass is 10.3. The van der Waals surface area contributed by atoms with Crippen LogP contribution in [0.5, 0.6) is 0 Å². The second kappa shape index (κ2) is 4.61. The zero-order chi connectivity index (χ0) is 13.3. The van der Waals surface area contributed by atoms with Gasteiger partial charge in [0, 0.05) is 0 Å². The highest BCUT2D eigenvalue weighted by Crippen LogP contribution is 2.22. The normalized spacial score (nSPS) is 12.6. The molecule has 0 saturated carbocycles. The van der Waals surface area contributed by atoms with Crippen molar-refractivity contribution >= 4 is 25.6 Å². The van der Waals surface area contributed by atoms with Crippen molar-refractivity contribution < 1.29 is 26.5 Å². The third-order valence-electron chi connectivity index (χ3n) is 1.98. The molecular formula is C8H11NO6S2. The maximum atomic E-state index is 11.5. The van der Waals surface area contributed by atoms with E-state index in [9.17, 15) is 16.8 Å². The Morgan fingerprint density at radius 1 is 1.18 bits per heavy atom. The van der Waals surface area contributed by atoms with Gasteiger partial charge in [0.05, 0.1) is 22.9 Å². The van der Waals surface area contributed by atoms with Gasteiger partial charge in [-0.05, 0) is 18.2 Å². The quantitative estimate of drug-likeness (QED) is 0.489. The van der Waals surface area contributed by atoms with E-state index in [1.54, 1.807) is 0 Å². The van der Waals surface area contributed by atoms with Crippen LogP contribution in [-0.4, -0.2) is 38.9 Å². The van der Waals surface area contributed by atoms with Crippen molar-refractivity contribution in [1.29, 1.82) is 0 Å². The molecule has 1 rings (SSSR count). The number of rotatable bonds is 4. The van der Waals surface area contributed by atoms with Crippen LogP contribution in [0.4, 0.5) is 5.69 Å². The van der Waals surface area contributed by atoms with Crippen molar-refractivity contribution in [2.24, 2.45) is 0 Å². The van der Waals surface area contributed by atoms with Gasteiger partial charge in [0.15, 0.2) is 9.84 Å². The summed E-state index contributed by atoms with van der Waals surface area (Å²) in [6, 6.07) is 2.83. The van der Waals surface area contributed by atoms with E-state index in [0.717, 1.165) is 18.2 Å². The van der Waals surface area contributed by atoms with Crippen molar-refractivity contribution in [2.75, 3.05) is 18.1 Å². The molecule has 0 saturated heterocycles. The minimum atomic E-state index is -4.48. The van der Waals surface area contributed by atoms with Crippen molar-refractivity contribution in [3.05, 3.63) is 18.2 Å². The summed E-state index contributed by atoms with van der Waals surface area (Å²) in [6.45, 7) is -0.553. The minimum Gasteiger partial charge on any atom is -0.398 e. The highest BCUT2D eigenvalue weighted by atomic mass is 32.2. The number of sulfone groups is 1. The monoisotopic (exact) mass is 281 g/mol. The highest BCUT2D eigenvalue weighted by Gasteiger charge is 2.19. The zero-order valence-corrected chi connectivity index (χ0v) is 10.2. The molecule has 96 valence electrons. The molecule has 9 heteroatoms. The second-order valence-corrected chi connectivity index (χ2v) is 6.72. The maximum Gasteiger partial charge on any atom is 0.296 e. The Morgan fingerprint density at radius 3 is 2.18 bits per heavy atom. The average molecular weight is 281 g/mol. The first kappa shape index (κ1) is 13.9. The van der Waals surface area contributed by atoms with Crippen molar-refractivity contribution in [3.63, 3.8) is 0 Å². The molecule has 1 aromatic rings. The molecule has 1 aromatic carbocycles. The van der Waals surface area contributed by atoms with E-state index < -0.39 is 37.2 Å². The largest absolute Gasteiger partial charge is 0.398 e. The molecule has 0 spiro atoms. The van der Waals surface area contributed by atoms with Gasteiger partial charge >= 0.3 is 0 Å². The van der Waals surface area contributed by atoms with Crippen LogP contribution in [0.1, 0.15) is 0 Å². The molecule has 0 unspecified atom stereocenters. The second-order valence-electron chi connectivity index (χ2n) is 3.22. The third kappa shape index (κ3) is 3.16. The molecule has 0 aromatic heterocycles. The summed E-state index contributed by atoms with van der Waals surface area (Å²) in [7, 11) is -8.18. The molecule has 0 aliphatic rings. The predicted octanol–water partition coefficient (Wildman–Crippen LogP) is -0.718. The van der Waals surface area contributed by atoms with Gasteiger partial charge < -0.3 is 10.8 Å². The van der Waals surface area contributed by atoms with Gasteiger partial charge in [-0.25, -0.2) is 8.42 Å². The summed E-state index contributed by atoms with van der Waals surface area (Å²) in [6.07, 6.45) is 0. The van der Waals surface area contributed by atoms with Crippen LogP contribution in [0.3, 0.4) is 0 Å². The Morgan fingerprint density at radius 2 is 1.76 bits per heavy atom. The van der Waals surface area contributed by atoms with Gasteiger partial charge in [0.2, 0.25) is 0 Å². The van der Waals surface area contributed by atoms with Crippen molar-refractivity contribution in [2.45, 2.75) is 9.79 Å². The lowest BCUT2D eigenvalue weighted by Gasteiger charge is -2.06. The first-order chi connectivity index (χ1) is 7.68. The fourth-order valence-corrected chi connectivity index (χ4v) is 2.85. The standard InChI is InChI=1S/C8H11NO6S2/c9-7-5-6(16(11,12)4-3-10)1-2-8(7)17(13,14)15/h1-2,5,10H,3-4,9H2,(H,13,14,15). The Labute approximate surface area is 98.5 Å². The fraction of sp³-hybridized carbons (Fsp3) is 0.250. The summed E-state index contributed by atoms with van der Waals surface area (Å²) >= 11 is 0. The summed E-state index contributed by atoms with van der Waals surface area (Å²) < 4.78 is 53.5. The van der Waals surface area contributed by atoms with E-state index >= 15 is 0 Å². The fourth-order valence-electron chi connectivity index (χ4n) is 1.19. The average Bonchev–Trinajstić information content (AvgIpc) is 2.15. The Bertz CT molecular complexity index is 619. The molecule has 0 bridgehead atoms. The molecule has 0 radical (unpaired) electrons. The Hall–Kier alpha value is -1.16. The maximum absolute atomic E-state index is 11.5. The molecule has 0 fully saturated rings. The summed E-state index contributed by atoms with van der Waals surface area (Å²) in [5.41, 5.74) is 4.97. The van der Waals surface area contributed by atoms with Crippen LogP contribution in [0.25, 0.3) is 0 Å². The third-order valence-corrected chi connectivity index (χ3v) is 4.60. The van der Waals surface area contributed by atoms with Crippen LogP contribution in [0, 0.1) is 0 Å². The van der Waals surface area contributed by atoms with Gasteiger partial charge in [0.1, 0.15) is 4.90 Å². The first-order valence-electron chi connectivity index (χ1n) is 4.39. The number of nitrogens with two attached hydrogens (primary N) is 1. The van der Waals surface area contributed by atoms with E-state index in [-0.39, 0.29) is 10.6 Å². The zero-order valence-electron chi connectivity index (χ0n) is 8.57. The first-order valence-corrected chi connectivity index (χ1v) is 7.48. The Balaban J connectivity index is 3.33. The molecule has 0 heterocycles. The minimum absolute atomic E-state index is 0.212. The summed E-state index contributed by atoms with van der Waals surface area (Å²) in [4.78, 5) is -0.767. The van der Waals surface area contributed by atoms with Gasteiger partial charge in [0.25, 0.3) is 10.1 Å². The van der Waals surface area contributed by atoms with E-state index in [0.29, 0.717) is 0 Å². The highest BCUT2D eigenvalue weighted by molar-refractivity contribution is 7.91. The molecule has 17 heavy (non-hydrogen) atoms. The SMILES string of the molecule is Nc1cc(S(=O)(=O)CCO)ccc1S(=O)(=O)O. The summed E-state index contributed by atoms with van der Waals surface area (Å²) in [5.74, 6) is -0.488. The topological polar surface area (TPSA) is 135 Å². The smallest absolute Gasteiger partial charge is 0.296 e. The van der Waals surface area contributed by atoms with E-state index in [4.69, 9.17) is 15.4 Å². The molecule has 0 atom stereocenters. The number of benzene rings is 1. The van der Waals surface area contributed by atoms with Crippen LogP contribution in [0.15, 0.2) is 28.0 Å². The van der Waals surface area contributed by atoms with Gasteiger partial charge in [-0.1, -0.05) is 0 Å². The van der Waals surface area contributed by atoms with E-state index in [1.807, 2.05) is 0 Å². The number of aliphatic hydroxyl groups is 1.